The lowest BCUT2D eigenvalue weighted by Gasteiger charge is -2.08. The van der Waals surface area contributed by atoms with E-state index in [2.05, 4.69) is 31.2 Å². The summed E-state index contributed by atoms with van der Waals surface area (Å²) in [5.74, 6) is 0. The first-order valence-electron chi connectivity index (χ1n) is 4.92. The largest absolute Gasteiger partial charge is 0.314 e. The first-order valence-corrected chi connectivity index (χ1v) is 4.92. The van der Waals surface area contributed by atoms with Crippen LogP contribution >= 0.6 is 0 Å². The predicted molar refractivity (Wildman–Crippen MR) is 54.7 cm³/mol. The first kappa shape index (κ1) is 10.3. The highest BCUT2D eigenvalue weighted by molar-refractivity contribution is 4.96. The van der Waals surface area contributed by atoms with E-state index in [0.29, 0.717) is 6.04 Å². The summed E-state index contributed by atoms with van der Waals surface area (Å²) < 4.78 is 2.04. The van der Waals surface area contributed by atoms with E-state index >= 15 is 0 Å². The molecule has 3 heteroatoms. The van der Waals surface area contributed by atoms with E-state index in [-0.39, 0.29) is 0 Å². The van der Waals surface area contributed by atoms with Crippen LogP contribution in [0.5, 0.6) is 0 Å². The van der Waals surface area contributed by atoms with Gasteiger partial charge in [-0.15, -0.1) is 0 Å². The maximum atomic E-state index is 4.22. The lowest BCUT2D eigenvalue weighted by Crippen LogP contribution is -2.24. The van der Waals surface area contributed by atoms with Crippen LogP contribution in [0.15, 0.2) is 12.3 Å². The molecule has 1 aromatic heterocycles. The van der Waals surface area contributed by atoms with E-state index < -0.39 is 0 Å². The molecule has 0 saturated carbocycles. The molecule has 1 aromatic rings. The number of nitrogens with zero attached hydrogens (tertiary/aromatic N) is 2. The van der Waals surface area contributed by atoms with Gasteiger partial charge in [0.1, 0.15) is 0 Å². The molecule has 0 atom stereocenters. The summed E-state index contributed by atoms with van der Waals surface area (Å²) in [6.45, 7) is 8.50. The highest BCUT2D eigenvalue weighted by atomic mass is 15.3. The zero-order valence-electron chi connectivity index (χ0n) is 8.75. The third kappa shape index (κ3) is 3.59. The van der Waals surface area contributed by atoms with Gasteiger partial charge in [-0.1, -0.05) is 13.8 Å². The molecule has 0 aliphatic rings. The summed E-state index contributed by atoms with van der Waals surface area (Å²) in [6, 6.07) is 2.62. The summed E-state index contributed by atoms with van der Waals surface area (Å²) in [4.78, 5) is 0. The smallest absolute Gasteiger partial charge is 0.0492 e. The highest BCUT2D eigenvalue weighted by Crippen LogP contribution is 1.96. The van der Waals surface area contributed by atoms with Crippen LogP contribution in [0.3, 0.4) is 0 Å². The molecule has 0 fully saturated rings. The minimum absolute atomic E-state index is 0.582. The van der Waals surface area contributed by atoms with Crippen molar-refractivity contribution in [1.82, 2.24) is 15.1 Å². The molecule has 0 amide bonds. The van der Waals surface area contributed by atoms with Gasteiger partial charge in [0.05, 0.1) is 0 Å². The summed E-state index contributed by atoms with van der Waals surface area (Å²) in [6.07, 6.45) is 2.99. The van der Waals surface area contributed by atoms with Gasteiger partial charge >= 0.3 is 0 Å². The Bertz CT molecular complexity index is 240. The van der Waals surface area contributed by atoms with Gasteiger partial charge in [0.2, 0.25) is 0 Å². The van der Waals surface area contributed by atoms with Gasteiger partial charge < -0.3 is 5.32 Å². The van der Waals surface area contributed by atoms with E-state index in [0.717, 1.165) is 19.5 Å². The second kappa shape index (κ2) is 5.02. The fraction of sp³-hybridized carbons (Fsp3) is 0.700. The van der Waals surface area contributed by atoms with Crippen molar-refractivity contribution in [3.8, 4) is 0 Å². The summed E-state index contributed by atoms with van der Waals surface area (Å²) in [5, 5.41) is 7.61. The van der Waals surface area contributed by atoms with Crippen LogP contribution in [0.2, 0.25) is 0 Å². The SMILES string of the molecule is Cc1ccnn1CCCNC(C)C. The van der Waals surface area contributed by atoms with Gasteiger partial charge in [0.15, 0.2) is 0 Å². The number of aromatic nitrogens is 2. The van der Waals surface area contributed by atoms with Crippen LogP contribution in [0.1, 0.15) is 26.0 Å². The van der Waals surface area contributed by atoms with Gasteiger partial charge in [-0.3, -0.25) is 4.68 Å². The number of nitrogens with one attached hydrogen (secondary N) is 1. The molecule has 0 aromatic carbocycles. The Labute approximate surface area is 80.1 Å². The lowest BCUT2D eigenvalue weighted by molar-refractivity contribution is 0.508. The Morgan fingerprint density at radius 2 is 2.31 bits per heavy atom. The monoisotopic (exact) mass is 181 g/mol. The minimum Gasteiger partial charge on any atom is -0.314 e. The van der Waals surface area contributed by atoms with E-state index in [4.69, 9.17) is 0 Å². The summed E-state index contributed by atoms with van der Waals surface area (Å²) >= 11 is 0. The minimum atomic E-state index is 0.582. The molecule has 0 spiro atoms. The van der Waals surface area contributed by atoms with Crippen LogP contribution in [-0.2, 0) is 6.54 Å². The van der Waals surface area contributed by atoms with Crippen LogP contribution in [0, 0.1) is 6.92 Å². The van der Waals surface area contributed by atoms with Crippen molar-refractivity contribution in [2.24, 2.45) is 0 Å². The zero-order valence-corrected chi connectivity index (χ0v) is 8.75. The lowest BCUT2D eigenvalue weighted by atomic mass is 10.3. The van der Waals surface area contributed by atoms with E-state index in [9.17, 15) is 0 Å². The normalized spacial score (nSPS) is 11.1. The Morgan fingerprint density at radius 3 is 2.85 bits per heavy atom. The van der Waals surface area contributed by atoms with Crippen LogP contribution in [-0.4, -0.2) is 22.4 Å². The molecule has 0 bridgehead atoms. The third-order valence-electron chi connectivity index (χ3n) is 2.03. The Morgan fingerprint density at radius 1 is 1.54 bits per heavy atom. The maximum absolute atomic E-state index is 4.22. The highest BCUT2D eigenvalue weighted by Gasteiger charge is 1.96. The van der Waals surface area contributed by atoms with Crippen molar-refractivity contribution in [3.63, 3.8) is 0 Å². The van der Waals surface area contributed by atoms with Crippen molar-refractivity contribution >= 4 is 0 Å². The molecule has 13 heavy (non-hydrogen) atoms. The number of hydrogen-bond donors (Lipinski definition) is 1. The van der Waals surface area contributed by atoms with Gasteiger partial charge in [-0.2, -0.15) is 5.10 Å². The molecule has 0 saturated heterocycles. The molecule has 0 aliphatic carbocycles. The molecule has 1 heterocycles. The van der Waals surface area contributed by atoms with Crippen molar-refractivity contribution in [1.29, 1.82) is 0 Å². The van der Waals surface area contributed by atoms with Crippen molar-refractivity contribution in [2.45, 2.75) is 39.8 Å². The molecular weight excluding hydrogens is 162 g/mol. The Kier molecular flexibility index (Phi) is 3.96. The third-order valence-corrected chi connectivity index (χ3v) is 2.03. The van der Waals surface area contributed by atoms with Gasteiger partial charge in [0.25, 0.3) is 0 Å². The second-order valence-corrected chi connectivity index (χ2v) is 3.66. The predicted octanol–water partition coefficient (Wildman–Crippen LogP) is 1.58. The molecular formula is C10H19N3. The summed E-state index contributed by atoms with van der Waals surface area (Å²) in [7, 11) is 0. The molecule has 74 valence electrons. The fourth-order valence-corrected chi connectivity index (χ4v) is 1.25. The molecule has 0 aliphatic heterocycles. The van der Waals surface area contributed by atoms with Crippen LogP contribution in [0.25, 0.3) is 0 Å². The van der Waals surface area contributed by atoms with Gasteiger partial charge in [-0.05, 0) is 26.0 Å². The van der Waals surface area contributed by atoms with Gasteiger partial charge in [-0.25, -0.2) is 0 Å². The van der Waals surface area contributed by atoms with E-state index in [1.165, 1.54) is 5.69 Å². The van der Waals surface area contributed by atoms with Crippen molar-refractivity contribution in [2.75, 3.05) is 6.54 Å². The van der Waals surface area contributed by atoms with Crippen molar-refractivity contribution in [3.05, 3.63) is 18.0 Å². The maximum Gasteiger partial charge on any atom is 0.0492 e. The topological polar surface area (TPSA) is 29.9 Å². The standard InChI is InChI=1S/C10H19N3/c1-9(2)11-6-4-8-13-10(3)5-7-12-13/h5,7,9,11H,4,6,8H2,1-3H3. The first-order chi connectivity index (χ1) is 6.20. The number of rotatable bonds is 5. The fourth-order valence-electron chi connectivity index (χ4n) is 1.25. The quantitative estimate of drug-likeness (QED) is 0.699. The number of hydrogen-bond acceptors (Lipinski definition) is 2. The molecule has 0 unspecified atom stereocenters. The van der Waals surface area contributed by atoms with E-state index in [1.54, 1.807) is 0 Å². The second-order valence-electron chi connectivity index (χ2n) is 3.66. The van der Waals surface area contributed by atoms with Crippen LogP contribution < -0.4 is 5.32 Å². The number of aryl methyl sites for hydroxylation is 2. The zero-order chi connectivity index (χ0) is 9.68. The average molecular weight is 181 g/mol. The van der Waals surface area contributed by atoms with E-state index in [1.807, 2.05) is 16.9 Å². The van der Waals surface area contributed by atoms with Crippen LogP contribution in [0.4, 0.5) is 0 Å². The molecule has 3 nitrogen and oxygen atoms in total. The Balaban J connectivity index is 2.17. The molecule has 0 radical (unpaired) electrons. The van der Waals surface area contributed by atoms with Crippen molar-refractivity contribution < 1.29 is 0 Å². The average Bonchev–Trinajstić information content (AvgIpc) is 2.45. The Hall–Kier alpha value is -0.830. The molecule has 1 rings (SSSR count). The van der Waals surface area contributed by atoms with Gasteiger partial charge in [0, 0.05) is 24.5 Å². The summed E-state index contributed by atoms with van der Waals surface area (Å²) in [5.41, 5.74) is 1.24. The molecule has 1 N–H and O–H groups in total.